The van der Waals surface area contributed by atoms with Crippen LogP contribution in [0.5, 0.6) is 0 Å². The van der Waals surface area contributed by atoms with Crippen molar-refractivity contribution in [3.8, 4) is 11.1 Å². The summed E-state index contributed by atoms with van der Waals surface area (Å²) in [5.41, 5.74) is 0.758. The first-order valence-electron chi connectivity index (χ1n) is 9.14. The first-order valence-corrected chi connectivity index (χ1v) is 9.51. The Morgan fingerprint density at radius 3 is 1.70 bits per heavy atom. The molecule has 0 aromatic heterocycles. The summed E-state index contributed by atoms with van der Waals surface area (Å²) in [5, 5.41) is 21.8. The highest BCUT2D eigenvalue weighted by Crippen LogP contribution is 2.27. The quantitative estimate of drug-likeness (QED) is 0.284. The molecule has 0 aliphatic rings. The third kappa shape index (κ3) is 6.34. The van der Waals surface area contributed by atoms with E-state index in [-0.39, 0.29) is 27.5 Å². The highest BCUT2D eigenvalue weighted by molar-refractivity contribution is 6.31. The van der Waals surface area contributed by atoms with E-state index >= 15 is 0 Å². The SMILES string of the molecule is COC(=O)c1ccc(-c2ccccc2)cc1[N+](=O)[O-].COC(=O)c1ccc(Cl)cc1[N+](=O)[O-]. The van der Waals surface area contributed by atoms with Gasteiger partial charge in [-0.1, -0.05) is 48.0 Å². The van der Waals surface area contributed by atoms with Gasteiger partial charge < -0.3 is 9.47 Å². The normalized spacial score (nSPS) is 9.79. The van der Waals surface area contributed by atoms with Gasteiger partial charge in [0.25, 0.3) is 11.4 Å². The standard InChI is InChI=1S/C14H11NO4.C8H6ClNO4/c1-19-14(16)12-8-7-11(9-13(12)15(17)18)10-5-3-2-4-6-10;1-14-8(11)6-3-2-5(9)4-7(6)10(12)13/h2-9H,1H3;2-4H,1H3. The van der Waals surface area contributed by atoms with Crippen LogP contribution in [-0.2, 0) is 9.47 Å². The molecular weight excluding hydrogens is 456 g/mol. The van der Waals surface area contributed by atoms with Crippen molar-refractivity contribution in [1.29, 1.82) is 0 Å². The van der Waals surface area contributed by atoms with E-state index in [0.29, 0.717) is 5.56 Å². The van der Waals surface area contributed by atoms with Gasteiger partial charge in [-0.3, -0.25) is 20.2 Å². The molecule has 3 rings (SSSR count). The zero-order valence-electron chi connectivity index (χ0n) is 17.4. The van der Waals surface area contributed by atoms with Crippen LogP contribution in [0.4, 0.5) is 11.4 Å². The highest BCUT2D eigenvalue weighted by Gasteiger charge is 2.22. The third-order valence-corrected chi connectivity index (χ3v) is 4.50. The molecule has 170 valence electrons. The molecule has 10 nitrogen and oxygen atoms in total. The van der Waals surface area contributed by atoms with Crippen LogP contribution in [0.3, 0.4) is 0 Å². The second-order valence-electron chi connectivity index (χ2n) is 6.26. The smallest absolute Gasteiger partial charge is 0.344 e. The lowest BCUT2D eigenvalue weighted by Crippen LogP contribution is -2.05. The van der Waals surface area contributed by atoms with Gasteiger partial charge in [-0.15, -0.1) is 0 Å². The van der Waals surface area contributed by atoms with E-state index in [0.717, 1.165) is 18.7 Å². The van der Waals surface area contributed by atoms with E-state index < -0.39 is 21.8 Å². The molecule has 33 heavy (non-hydrogen) atoms. The van der Waals surface area contributed by atoms with Crippen LogP contribution in [0, 0.1) is 20.2 Å². The summed E-state index contributed by atoms with van der Waals surface area (Å²) in [5.74, 6) is -1.47. The Morgan fingerprint density at radius 2 is 1.21 bits per heavy atom. The number of nitro groups is 2. The van der Waals surface area contributed by atoms with E-state index in [1.54, 1.807) is 6.07 Å². The van der Waals surface area contributed by atoms with Gasteiger partial charge in [0.1, 0.15) is 11.1 Å². The zero-order chi connectivity index (χ0) is 24.5. The molecule has 0 aliphatic carbocycles. The average Bonchev–Trinajstić information content (AvgIpc) is 2.83. The number of ether oxygens (including phenoxy) is 2. The Kier molecular flexibility index (Phi) is 8.58. The van der Waals surface area contributed by atoms with Gasteiger partial charge in [-0.05, 0) is 29.3 Å². The minimum atomic E-state index is -0.756. The van der Waals surface area contributed by atoms with Crippen molar-refractivity contribution in [2.45, 2.75) is 0 Å². The van der Waals surface area contributed by atoms with Crippen LogP contribution in [0.1, 0.15) is 20.7 Å². The van der Waals surface area contributed by atoms with Crippen molar-refractivity contribution in [3.63, 3.8) is 0 Å². The number of esters is 2. The van der Waals surface area contributed by atoms with E-state index in [9.17, 15) is 29.8 Å². The summed E-state index contributed by atoms with van der Waals surface area (Å²) in [4.78, 5) is 42.8. The first kappa shape index (κ1) is 25.0. The summed E-state index contributed by atoms with van der Waals surface area (Å²) < 4.78 is 8.91. The highest BCUT2D eigenvalue weighted by atomic mass is 35.5. The number of nitrogens with zero attached hydrogens (tertiary/aromatic N) is 2. The fourth-order valence-electron chi connectivity index (χ4n) is 2.71. The molecule has 0 atom stereocenters. The number of rotatable bonds is 5. The van der Waals surface area contributed by atoms with Crippen molar-refractivity contribution in [2.24, 2.45) is 0 Å². The number of nitro benzene ring substituents is 2. The molecule has 0 unspecified atom stereocenters. The summed E-state index contributed by atoms with van der Waals surface area (Å²) in [6.45, 7) is 0. The fourth-order valence-corrected chi connectivity index (χ4v) is 2.88. The third-order valence-electron chi connectivity index (χ3n) is 4.27. The fraction of sp³-hybridized carbons (Fsp3) is 0.0909. The van der Waals surface area contributed by atoms with Gasteiger partial charge in [-0.25, -0.2) is 9.59 Å². The lowest BCUT2D eigenvalue weighted by atomic mass is 10.0. The molecule has 0 amide bonds. The summed E-state index contributed by atoms with van der Waals surface area (Å²) >= 11 is 5.55. The minimum absolute atomic E-state index is 0.0489. The number of hydrogen-bond donors (Lipinski definition) is 0. The van der Waals surface area contributed by atoms with Gasteiger partial charge >= 0.3 is 11.9 Å². The maximum absolute atomic E-state index is 11.5. The Morgan fingerprint density at radius 1 is 0.727 bits per heavy atom. The second-order valence-corrected chi connectivity index (χ2v) is 6.69. The Bertz CT molecular complexity index is 1200. The first-order chi connectivity index (χ1) is 15.7. The number of carbonyl (C=O) groups excluding carboxylic acids is 2. The van der Waals surface area contributed by atoms with Crippen molar-refractivity contribution in [1.82, 2.24) is 0 Å². The minimum Gasteiger partial charge on any atom is -0.465 e. The topological polar surface area (TPSA) is 139 Å². The van der Waals surface area contributed by atoms with Crippen LogP contribution in [0.15, 0.2) is 66.7 Å². The molecule has 3 aromatic carbocycles. The monoisotopic (exact) mass is 472 g/mol. The van der Waals surface area contributed by atoms with Crippen LogP contribution in [0.2, 0.25) is 5.02 Å². The van der Waals surface area contributed by atoms with E-state index in [4.69, 9.17) is 11.6 Å². The average molecular weight is 473 g/mol. The van der Waals surface area contributed by atoms with Crippen LogP contribution in [0.25, 0.3) is 11.1 Å². The summed E-state index contributed by atoms with van der Waals surface area (Å²) in [7, 11) is 2.35. The molecule has 0 heterocycles. The molecule has 0 bridgehead atoms. The number of halogens is 1. The Balaban J connectivity index is 0.000000245. The molecule has 0 saturated heterocycles. The molecule has 0 radical (unpaired) electrons. The lowest BCUT2D eigenvalue weighted by Gasteiger charge is -2.05. The number of carbonyl (C=O) groups is 2. The van der Waals surface area contributed by atoms with Crippen LogP contribution >= 0.6 is 11.6 Å². The molecule has 0 aliphatic heterocycles. The largest absolute Gasteiger partial charge is 0.465 e. The van der Waals surface area contributed by atoms with Gasteiger partial charge in [0.05, 0.1) is 24.1 Å². The van der Waals surface area contributed by atoms with E-state index in [1.807, 2.05) is 30.3 Å². The maximum Gasteiger partial charge on any atom is 0.344 e. The number of benzene rings is 3. The zero-order valence-corrected chi connectivity index (χ0v) is 18.1. The molecule has 0 saturated carbocycles. The van der Waals surface area contributed by atoms with E-state index in [1.165, 1.54) is 31.4 Å². The van der Waals surface area contributed by atoms with Crippen molar-refractivity contribution >= 4 is 34.9 Å². The van der Waals surface area contributed by atoms with Crippen molar-refractivity contribution < 1.29 is 28.9 Å². The van der Waals surface area contributed by atoms with Gasteiger partial charge in [0.15, 0.2) is 0 Å². The molecule has 0 N–H and O–H groups in total. The number of hydrogen-bond acceptors (Lipinski definition) is 8. The van der Waals surface area contributed by atoms with Gasteiger partial charge in [-0.2, -0.15) is 0 Å². The molecule has 0 spiro atoms. The van der Waals surface area contributed by atoms with Crippen LogP contribution < -0.4 is 0 Å². The second kappa shape index (κ2) is 11.3. The number of methoxy groups -OCH3 is 2. The Labute approximate surface area is 192 Å². The summed E-state index contributed by atoms with van der Waals surface area (Å²) in [6.07, 6.45) is 0. The summed E-state index contributed by atoms with van der Waals surface area (Å²) in [6, 6.07) is 17.4. The van der Waals surface area contributed by atoms with Crippen molar-refractivity contribution in [2.75, 3.05) is 14.2 Å². The van der Waals surface area contributed by atoms with Crippen molar-refractivity contribution in [3.05, 3.63) is 103 Å². The molecule has 3 aromatic rings. The maximum atomic E-state index is 11.5. The predicted molar refractivity (Wildman–Crippen MR) is 119 cm³/mol. The predicted octanol–water partition coefficient (Wildman–Crippen LogP) is 5.08. The van der Waals surface area contributed by atoms with Crippen LogP contribution in [-0.4, -0.2) is 36.0 Å². The Hall–Kier alpha value is -4.31. The van der Waals surface area contributed by atoms with Gasteiger partial charge in [0.2, 0.25) is 0 Å². The molecule has 0 fully saturated rings. The molecular formula is C22H17ClN2O8. The lowest BCUT2D eigenvalue weighted by molar-refractivity contribution is -0.385. The van der Waals surface area contributed by atoms with E-state index in [2.05, 4.69) is 9.47 Å². The van der Waals surface area contributed by atoms with Gasteiger partial charge in [0, 0.05) is 17.2 Å². The molecule has 11 heteroatoms.